The molecular weight excluding hydrogens is 306 g/mol. The second-order valence-corrected chi connectivity index (χ2v) is 6.85. The van der Waals surface area contributed by atoms with E-state index in [-0.39, 0.29) is 16.7 Å². The van der Waals surface area contributed by atoms with Gasteiger partial charge in [0.2, 0.25) is 5.91 Å². The normalized spacial score (nSPS) is 12.5. The Morgan fingerprint density at radius 1 is 1.52 bits per heavy atom. The van der Waals surface area contributed by atoms with Crippen LogP contribution in [0.3, 0.4) is 0 Å². The third-order valence-corrected chi connectivity index (χ3v) is 5.03. The molecule has 2 rings (SSSR count). The molecule has 2 aromatic heterocycles. The van der Waals surface area contributed by atoms with E-state index in [1.807, 2.05) is 32.2 Å². The monoisotopic (exact) mass is 325 g/mol. The van der Waals surface area contributed by atoms with Crippen LogP contribution in [0.5, 0.6) is 0 Å². The molecule has 2 heterocycles. The molecule has 0 aromatic carbocycles. The van der Waals surface area contributed by atoms with Gasteiger partial charge in [-0.05, 0) is 31.7 Å². The number of thiophene rings is 1. The molecule has 0 saturated carbocycles. The Labute approximate surface area is 131 Å². The maximum absolute atomic E-state index is 12.4. The number of fused-ring (bicyclic) bond motifs is 1. The van der Waals surface area contributed by atoms with Gasteiger partial charge in [0.25, 0.3) is 5.56 Å². The number of rotatable bonds is 6. The van der Waals surface area contributed by atoms with Crippen molar-refractivity contribution < 1.29 is 4.79 Å². The molecule has 1 atom stereocenters. The van der Waals surface area contributed by atoms with Gasteiger partial charge in [0.1, 0.15) is 4.70 Å². The van der Waals surface area contributed by atoms with Crippen molar-refractivity contribution in [3.63, 3.8) is 0 Å². The molecule has 21 heavy (non-hydrogen) atoms. The lowest BCUT2D eigenvalue weighted by Gasteiger charge is -2.14. The van der Waals surface area contributed by atoms with Crippen molar-refractivity contribution in [1.82, 2.24) is 14.9 Å². The minimum absolute atomic E-state index is 0.0239. The van der Waals surface area contributed by atoms with Gasteiger partial charge in [-0.15, -0.1) is 11.3 Å². The van der Waals surface area contributed by atoms with Crippen molar-refractivity contribution >= 4 is 39.2 Å². The summed E-state index contributed by atoms with van der Waals surface area (Å²) in [4.78, 5) is 28.9. The number of hydrogen-bond acceptors (Lipinski definition) is 5. The van der Waals surface area contributed by atoms with Crippen molar-refractivity contribution in [2.24, 2.45) is 0 Å². The third kappa shape index (κ3) is 3.47. The van der Waals surface area contributed by atoms with Crippen LogP contribution >= 0.6 is 23.1 Å². The fourth-order valence-electron chi connectivity index (χ4n) is 1.90. The highest BCUT2D eigenvalue weighted by molar-refractivity contribution is 8.00. The van der Waals surface area contributed by atoms with Gasteiger partial charge in [-0.3, -0.25) is 14.2 Å². The van der Waals surface area contributed by atoms with Crippen molar-refractivity contribution in [3.05, 3.63) is 21.8 Å². The molecule has 0 spiro atoms. The predicted octanol–water partition coefficient (Wildman–Crippen LogP) is 2.48. The highest BCUT2D eigenvalue weighted by Gasteiger charge is 2.18. The van der Waals surface area contributed by atoms with Gasteiger partial charge in [-0.1, -0.05) is 18.7 Å². The van der Waals surface area contributed by atoms with Crippen LogP contribution in [0.1, 0.15) is 27.2 Å². The maximum atomic E-state index is 12.4. The summed E-state index contributed by atoms with van der Waals surface area (Å²) < 4.78 is 2.30. The minimum Gasteiger partial charge on any atom is -0.355 e. The van der Waals surface area contributed by atoms with E-state index in [0.29, 0.717) is 28.5 Å². The molecule has 0 unspecified atom stereocenters. The van der Waals surface area contributed by atoms with E-state index >= 15 is 0 Å². The average Bonchev–Trinajstić information content (AvgIpc) is 2.93. The fraction of sp³-hybridized carbons (Fsp3) is 0.500. The SMILES string of the molecule is CCCNC(=O)[C@H](C)Sc1nc2ccsc2c(=O)n1CC. The summed E-state index contributed by atoms with van der Waals surface area (Å²) in [6.07, 6.45) is 0.905. The molecule has 0 aliphatic heterocycles. The molecular formula is C14H19N3O2S2. The Kier molecular flexibility index (Phi) is 5.41. The topological polar surface area (TPSA) is 64.0 Å². The smallest absolute Gasteiger partial charge is 0.272 e. The first-order valence-electron chi connectivity index (χ1n) is 7.00. The zero-order valence-electron chi connectivity index (χ0n) is 12.4. The average molecular weight is 325 g/mol. The van der Waals surface area contributed by atoms with Crippen LogP contribution in [0.25, 0.3) is 10.2 Å². The lowest BCUT2D eigenvalue weighted by Crippen LogP contribution is -2.32. The third-order valence-electron chi connectivity index (χ3n) is 3.05. The predicted molar refractivity (Wildman–Crippen MR) is 88.2 cm³/mol. The van der Waals surface area contributed by atoms with E-state index < -0.39 is 0 Å². The Balaban J connectivity index is 2.29. The molecule has 114 valence electrons. The first-order valence-corrected chi connectivity index (χ1v) is 8.76. The zero-order valence-corrected chi connectivity index (χ0v) is 14.0. The second kappa shape index (κ2) is 7.09. The van der Waals surface area contributed by atoms with Crippen molar-refractivity contribution in [2.45, 2.75) is 44.1 Å². The Hall–Kier alpha value is -1.34. The molecule has 7 heteroatoms. The number of hydrogen-bond donors (Lipinski definition) is 1. The number of thioether (sulfide) groups is 1. The molecule has 1 N–H and O–H groups in total. The van der Waals surface area contributed by atoms with Crippen LogP contribution in [0, 0.1) is 0 Å². The maximum Gasteiger partial charge on any atom is 0.272 e. The fourth-order valence-corrected chi connectivity index (χ4v) is 3.67. The molecule has 0 aliphatic rings. The van der Waals surface area contributed by atoms with Gasteiger partial charge in [-0.2, -0.15) is 0 Å². The molecule has 0 fully saturated rings. The van der Waals surface area contributed by atoms with Crippen molar-refractivity contribution in [2.75, 3.05) is 6.54 Å². The van der Waals surface area contributed by atoms with Gasteiger partial charge in [0.15, 0.2) is 5.16 Å². The number of nitrogens with one attached hydrogen (secondary N) is 1. The van der Waals surface area contributed by atoms with Gasteiger partial charge < -0.3 is 5.32 Å². The van der Waals surface area contributed by atoms with Crippen LogP contribution in [0.2, 0.25) is 0 Å². The van der Waals surface area contributed by atoms with E-state index in [9.17, 15) is 9.59 Å². The van der Waals surface area contributed by atoms with Crippen LogP contribution < -0.4 is 10.9 Å². The molecule has 1 amide bonds. The summed E-state index contributed by atoms with van der Waals surface area (Å²) in [5, 5.41) is 5.05. The van der Waals surface area contributed by atoms with Gasteiger partial charge in [-0.25, -0.2) is 4.98 Å². The summed E-state index contributed by atoms with van der Waals surface area (Å²) >= 11 is 2.73. The van der Waals surface area contributed by atoms with E-state index in [0.717, 1.165) is 6.42 Å². The number of nitrogens with zero attached hydrogens (tertiary/aromatic N) is 2. The first kappa shape index (κ1) is 16.0. The Bertz CT molecular complexity index is 693. The van der Waals surface area contributed by atoms with Gasteiger partial charge in [0.05, 0.1) is 10.8 Å². The molecule has 5 nitrogen and oxygen atoms in total. The molecule has 2 aromatic rings. The number of aromatic nitrogens is 2. The molecule has 0 bridgehead atoms. The van der Waals surface area contributed by atoms with E-state index in [1.54, 1.807) is 4.57 Å². The van der Waals surface area contributed by atoms with E-state index in [1.165, 1.54) is 23.1 Å². The summed E-state index contributed by atoms with van der Waals surface area (Å²) in [6.45, 7) is 6.97. The lowest BCUT2D eigenvalue weighted by molar-refractivity contribution is -0.120. The lowest BCUT2D eigenvalue weighted by atomic mass is 10.4. The second-order valence-electron chi connectivity index (χ2n) is 4.63. The van der Waals surface area contributed by atoms with E-state index in [4.69, 9.17) is 0 Å². The minimum atomic E-state index is -0.280. The molecule has 0 aliphatic carbocycles. The van der Waals surface area contributed by atoms with Gasteiger partial charge >= 0.3 is 0 Å². The highest BCUT2D eigenvalue weighted by Crippen LogP contribution is 2.24. The largest absolute Gasteiger partial charge is 0.355 e. The quantitative estimate of drug-likeness (QED) is 0.655. The molecule has 0 radical (unpaired) electrons. The Morgan fingerprint density at radius 3 is 2.95 bits per heavy atom. The van der Waals surface area contributed by atoms with E-state index in [2.05, 4.69) is 10.3 Å². The summed E-state index contributed by atoms with van der Waals surface area (Å²) in [7, 11) is 0. The summed E-state index contributed by atoms with van der Waals surface area (Å²) in [5.74, 6) is -0.0239. The van der Waals surface area contributed by atoms with Crippen molar-refractivity contribution in [3.8, 4) is 0 Å². The summed E-state index contributed by atoms with van der Waals surface area (Å²) in [5.41, 5.74) is 0.680. The summed E-state index contributed by atoms with van der Waals surface area (Å²) in [6, 6.07) is 1.84. The number of amides is 1. The van der Waals surface area contributed by atoms with Gasteiger partial charge in [0, 0.05) is 13.1 Å². The van der Waals surface area contributed by atoms with Crippen LogP contribution in [0.15, 0.2) is 21.4 Å². The zero-order chi connectivity index (χ0) is 15.4. The molecule has 0 saturated heterocycles. The highest BCUT2D eigenvalue weighted by atomic mass is 32.2. The van der Waals surface area contributed by atoms with Crippen LogP contribution in [-0.4, -0.2) is 27.3 Å². The number of carbonyl (C=O) groups is 1. The first-order chi connectivity index (χ1) is 10.1. The number of carbonyl (C=O) groups excluding carboxylic acids is 1. The van der Waals surface area contributed by atoms with Crippen molar-refractivity contribution in [1.29, 1.82) is 0 Å². The Morgan fingerprint density at radius 2 is 2.29 bits per heavy atom. The standard InChI is InChI=1S/C14H19N3O2S2/c1-4-7-15-12(18)9(3)21-14-16-10-6-8-20-11(10)13(19)17(14)5-2/h6,8-9H,4-5,7H2,1-3H3,(H,15,18)/t9-/m0/s1. The van der Waals surface area contributed by atoms with Crippen LogP contribution in [-0.2, 0) is 11.3 Å². The van der Waals surface area contributed by atoms with Crippen LogP contribution in [0.4, 0.5) is 0 Å².